The molecule has 0 radical (unpaired) electrons. The van der Waals surface area contributed by atoms with E-state index in [1.807, 2.05) is 0 Å². The molecule has 1 aromatic carbocycles. The number of carbonyl (C=O) groups excluding carboxylic acids is 1. The monoisotopic (exact) mass is 343 g/mol. The summed E-state index contributed by atoms with van der Waals surface area (Å²) in [7, 11) is 1.53. The first-order valence-electron chi connectivity index (χ1n) is 5.91. The molecular formula is C13H18BrN3O3. The number of methoxy groups -OCH3 is 1. The number of hydrogen-bond donors (Lipinski definition) is 3. The van der Waals surface area contributed by atoms with Crippen molar-refractivity contribution in [1.82, 2.24) is 5.32 Å². The van der Waals surface area contributed by atoms with Gasteiger partial charge in [0, 0.05) is 16.4 Å². The number of nitrogens with zero attached hydrogens (tertiary/aromatic N) is 1. The van der Waals surface area contributed by atoms with E-state index in [2.05, 4.69) is 26.4 Å². The molecule has 1 rings (SSSR count). The van der Waals surface area contributed by atoms with Crippen molar-refractivity contribution in [1.29, 1.82) is 0 Å². The number of carbonyl (C=O) groups is 1. The minimum absolute atomic E-state index is 0.0579. The molecule has 0 saturated heterocycles. The fraction of sp³-hybridized carbons (Fsp3) is 0.385. The van der Waals surface area contributed by atoms with Crippen LogP contribution in [0.2, 0.25) is 0 Å². The van der Waals surface area contributed by atoms with Crippen molar-refractivity contribution in [3.05, 3.63) is 28.2 Å². The van der Waals surface area contributed by atoms with Gasteiger partial charge in [0.15, 0.2) is 0 Å². The first kappa shape index (κ1) is 16.3. The lowest BCUT2D eigenvalue weighted by molar-refractivity contribution is 0.0943. The van der Waals surface area contributed by atoms with Crippen molar-refractivity contribution in [2.75, 3.05) is 13.7 Å². The lowest BCUT2D eigenvalue weighted by Gasteiger charge is -2.23. The number of benzene rings is 1. The highest BCUT2D eigenvalue weighted by molar-refractivity contribution is 9.10. The Bertz CT molecular complexity index is 530. The molecule has 20 heavy (non-hydrogen) atoms. The third-order valence-electron chi connectivity index (χ3n) is 2.91. The summed E-state index contributed by atoms with van der Waals surface area (Å²) in [6.45, 7) is 3.78. The highest BCUT2D eigenvalue weighted by Gasteiger charge is 2.25. The van der Waals surface area contributed by atoms with Crippen LogP contribution in [0.3, 0.4) is 0 Å². The van der Waals surface area contributed by atoms with Crippen LogP contribution < -0.4 is 15.8 Å². The van der Waals surface area contributed by atoms with Crippen molar-refractivity contribution in [3.63, 3.8) is 0 Å². The fourth-order valence-corrected chi connectivity index (χ4v) is 1.85. The average Bonchev–Trinajstić information content (AvgIpc) is 2.44. The van der Waals surface area contributed by atoms with E-state index in [1.54, 1.807) is 32.0 Å². The molecule has 6 nitrogen and oxygen atoms in total. The van der Waals surface area contributed by atoms with Crippen LogP contribution in [-0.2, 0) is 0 Å². The largest absolute Gasteiger partial charge is 0.497 e. The second kappa shape index (κ2) is 6.60. The van der Waals surface area contributed by atoms with E-state index in [0.717, 1.165) is 0 Å². The maximum Gasteiger partial charge on any atom is 0.252 e. The van der Waals surface area contributed by atoms with Gasteiger partial charge >= 0.3 is 0 Å². The lowest BCUT2D eigenvalue weighted by Crippen LogP contribution is -2.42. The van der Waals surface area contributed by atoms with Gasteiger partial charge in [-0.2, -0.15) is 0 Å². The Hall–Kier alpha value is -1.76. The van der Waals surface area contributed by atoms with Crippen LogP contribution in [0.25, 0.3) is 0 Å². The molecule has 0 spiro atoms. The molecule has 0 fully saturated rings. The van der Waals surface area contributed by atoms with Crippen LogP contribution in [0.15, 0.2) is 27.8 Å². The van der Waals surface area contributed by atoms with E-state index >= 15 is 0 Å². The lowest BCUT2D eigenvalue weighted by atomic mass is 9.92. The van der Waals surface area contributed by atoms with Gasteiger partial charge in [0.2, 0.25) is 0 Å². The summed E-state index contributed by atoms with van der Waals surface area (Å²) in [5.74, 6) is 0.381. The average molecular weight is 344 g/mol. The van der Waals surface area contributed by atoms with Gasteiger partial charge in [0.25, 0.3) is 5.91 Å². The molecule has 0 aliphatic heterocycles. The molecule has 0 aliphatic carbocycles. The zero-order valence-corrected chi connectivity index (χ0v) is 13.2. The van der Waals surface area contributed by atoms with E-state index in [-0.39, 0.29) is 18.3 Å². The highest BCUT2D eigenvalue weighted by atomic mass is 79.9. The number of oxime groups is 1. The normalized spacial score (nSPS) is 12.1. The van der Waals surface area contributed by atoms with Crippen molar-refractivity contribution < 1.29 is 14.7 Å². The number of nitrogens with one attached hydrogen (secondary N) is 1. The van der Waals surface area contributed by atoms with Crippen molar-refractivity contribution in [3.8, 4) is 5.75 Å². The smallest absolute Gasteiger partial charge is 0.252 e. The first-order chi connectivity index (χ1) is 9.31. The molecule has 0 heterocycles. The van der Waals surface area contributed by atoms with Crippen LogP contribution in [0.5, 0.6) is 5.75 Å². The molecule has 0 aliphatic rings. The minimum atomic E-state index is -0.643. The fourth-order valence-electron chi connectivity index (χ4n) is 1.43. The second-order valence-electron chi connectivity index (χ2n) is 4.90. The van der Waals surface area contributed by atoms with Crippen LogP contribution >= 0.6 is 15.9 Å². The first-order valence-corrected chi connectivity index (χ1v) is 6.71. The quantitative estimate of drug-likeness (QED) is 0.329. The van der Waals surface area contributed by atoms with Crippen LogP contribution in [-0.4, -0.2) is 30.6 Å². The predicted octanol–water partition coefficient (Wildman–Crippen LogP) is 1.96. The van der Waals surface area contributed by atoms with Crippen molar-refractivity contribution >= 4 is 27.7 Å². The van der Waals surface area contributed by atoms with Gasteiger partial charge in [-0.25, -0.2) is 0 Å². The molecule has 0 unspecified atom stereocenters. The number of hydrogen-bond acceptors (Lipinski definition) is 4. The summed E-state index contributed by atoms with van der Waals surface area (Å²) in [5.41, 5.74) is 5.39. The zero-order valence-electron chi connectivity index (χ0n) is 11.6. The Morgan fingerprint density at radius 2 is 2.20 bits per heavy atom. The summed E-state index contributed by atoms with van der Waals surface area (Å²) in [5, 5.41) is 14.4. The molecule has 1 aromatic rings. The number of ether oxygens (including phenoxy) is 1. The predicted molar refractivity (Wildman–Crippen MR) is 80.2 cm³/mol. The second-order valence-corrected chi connectivity index (χ2v) is 5.75. The Kier molecular flexibility index (Phi) is 5.38. The van der Waals surface area contributed by atoms with Gasteiger partial charge < -0.3 is 21.0 Å². The minimum Gasteiger partial charge on any atom is -0.497 e. The molecule has 0 saturated carbocycles. The summed E-state index contributed by atoms with van der Waals surface area (Å²) in [4.78, 5) is 12.2. The van der Waals surface area contributed by atoms with Gasteiger partial charge in [-0.3, -0.25) is 4.79 Å². The topological polar surface area (TPSA) is 96.9 Å². The van der Waals surface area contributed by atoms with Gasteiger partial charge in [-0.05, 0) is 34.1 Å². The molecule has 0 aromatic heterocycles. The third kappa shape index (κ3) is 3.86. The summed E-state index contributed by atoms with van der Waals surface area (Å²) in [6, 6.07) is 5.12. The molecular weight excluding hydrogens is 326 g/mol. The van der Waals surface area contributed by atoms with Crippen molar-refractivity contribution in [2.24, 2.45) is 16.3 Å². The number of nitrogens with two attached hydrogens (primary N) is 1. The summed E-state index contributed by atoms with van der Waals surface area (Å²) < 4.78 is 5.75. The molecule has 0 atom stereocenters. The molecule has 110 valence electrons. The van der Waals surface area contributed by atoms with Crippen LogP contribution in [0, 0.1) is 5.41 Å². The Balaban J connectivity index is 2.82. The highest BCUT2D eigenvalue weighted by Crippen LogP contribution is 2.23. The van der Waals surface area contributed by atoms with E-state index in [1.165, 1.54) is 7.11 Å². The van der Waals surface area contributed by atoms with Gasteiger partial charge in [0.1, 0.15) is 11.6 Å². The van der Waals surface area contributed by atoms with Gasteiger partial charge in [0.05, 0.1) is 12.7 Å². The number of amidine groups is 1. The summed E-state index contributed by atoms with van der Waals surface area (Å²) >= 11 is 3.32. The maximum absolute atomic E-state index is 12.2. The Morgan fingerprint density at radius 3 is 2.75 bits per heavy atom. The number of halogens is 1. The third-order valence-corrected chi connectivity index (χ3v) is 3.60. The standard InChI is InChI=1S/C13H18BrN3O3/c1-13(2,12(15)17-19)7-16-11(18)9-6-8(20-3)4-5-10(9)14/h4-6,19H,7H2,1-3H3,(H2,15,17)(H,16,18). The molecule has 1 amide bonds. The molecule has 4 N–H and O–H groups in total. The zero-order chi connectivity index (χ0) is 15.3. The van der Waals surface area contributed by atoms with E-state index in [0.29, 0.717) is 15.8 Å². The Morgan fingerprint density at radius 1 is 1.55 bits per heavy atom. The Labute approximate surface area is 126 Å². The van der Waals surface area contributed by atoms with E-state index < -0.39 is 5.41 Å². The van der Waals surface area contributed by atoms with Crippen LogP contribution in [0.1, 0.15) is 24.2 Å². The number of rotatable bonds is 5. The van der Waals surface area contributed by atoms with Crippen molar-refractivity contribution in [2.45, 2.75) is 13.8 Å². The van der Waals surface area contributed by atoms with E-state index in [9.17, 15) is 4.79 Å². The SMILES string of the molecule is COc1ccc(Br)c(C(=O)NCC(C)(C)/C(N)=N/O)c1. The van der Waals surface area contributed by atoms with Crippen LogP contribution in [0.4, 0.5) is 0 Å². The maximum atomic E-state index is 12.2. The van der Waals surface area contributed by atoms with Gasteiger partial charge in [-0.15, -0.1) is 0 Å². The number of amides is 1. The molecule has 7 heteroatoms. The van der Waals surface area contributed by atoms with E-state index in [4.69, 9.17) is 15.7 Å². The van der Waals surface area contributed by atoms with Gasteiger partial charge in [-0.1, -0.05) is 19.0 Å². The molecule has 0 bridgehead atoms. The summed E-state index contributed by atoms with van der Waals surface area (Å²) in [6.07, 6.45) is 0.